The molecular weight excluding hydrogens is 468 g/mol. The molecule has 0 saturated carbocycles. The summed E-state index contributed by atoms with van der Waals surface area (Å²) in [6, 6.07) is 12.3. The highest BCUT2D eigenvalue weighted by molar-refractivity contribution is 5.63. The van der Waals surface area contributed by atoms with Crippen molar-refractivity contribution < 1.29 is 13.9 Å². The lowest BCUT2D eigenvalue weighted by Gasteiger charge is -2.35. The number of rotatable bonds is 6. The average Bonchev–Trinajstić information content (AvgIpc) is 3.54. The molecule has 0 aliphatic rings. The molecule has 2 aromatic carbocycles. The fourth-order valence-electron chi connectivity index (χ4n) is 4.22. The van der Waals surface area contributed by atoms with Gasteiger partial charge < -0.3 is 5.11 Å². The van der Waals surface area contributed by atoms with Crippen LogP contribution in [-0.4, -0.2) is 33.8 Å². The van der Waals surface area contributed by atoms with Gasteiger partial charge in [-0.1, -0.05) is 18.2 Å². The lowest BCUT2D eigenvalue weighted by Crippen LogP contribution is -2.44. The van der Waals surface area contributed by atoms with Crippen LogP contribution in [0.4, 0.5) is 8.78 Å². The summed E-state index contributed by atoms with van der Waals surface area (Å²) in [7, 11) is 0. The maximum Gasteiger partial charge on any atom is 0.334 e. The van der Waals surface area contributed by atoms with Gasteiger partial charge in [-0.25, -0.2) is 28.2 Å². The van der Waals surface area contributed by atoms with Crippen LogP contribution in [0.25, 0.3) is 16.9 Å². The number of halogens is 2. The summed E-state index contributed by atoms with van der Waals surface area (Å²) in [5.41, 5.74) is -0.611. The van der Waals surface area contributed by atoms with Crippen molar-refractivity contribution in [1.82, 2.24) is 28.7 Å². The van der Waals surface area contributed by atoms with E-state index in [9.17, 15) is 18.7 Å². The molecule has 180 valence electrons. The Morgan fingerprint density at radius 2 is 1.94 bits per heavy atom. The van der Waals surface area contributed by atoms with Gasteiger partial charge in [0.25, 0.3) is 0 Å². The molecule has 5 aromatic rings. The van der Waals surface area contributed by atoms with Gasteiger partial charge in [-0.05, 0) is 31.2 Å². The largest absolute Gasteiger partial charge is 0.381 e. The number of nitriles is 1. The first-order valence-corrected chi connectivity index (χ1v) is 10.9. The van der Waals surface area contributed by atoms with Crippen LogP contribution in [0.5, 0.6) is 0 Å². The Morgan fingerprint density at radius 3 is 2.61 bits per heavy atom. The van der Waals surface area contributed by atoms with Crippen molar-refractivity contribution in [2.45, 2.75) is 25.1 Å². The van der Waals surface area contributed by atoms with Gasteiger partial charge in [0.05, 0.1) is 29.9 Å². The van der Waals surface area contributed by atoms with Crippen LogP contribution >= 0.6 is 0 Å². The summed E-state index contributed by atoms with van der Waals surface area (Å²) in [5.74, 6) is -1.75. The van der Waals surface area contributed by atoms with E-state index in [1.165, 1.54) is 32.5 Å². The molecule has 0 spiro atoms. The number of nitrogens with zero attached hydrogens (tertiary/aromatic N) is 7. The Bertz CT molecular complexity index is 1650. The summed E-state index contributed by atoms with van der Waals surface area (Å²) >= 11 is 0. The van der Waals surface area contributed by atoms with Gasteiger partial charge in [0.2, 0.25) is 0 Å². The van der Waals surface area contributed by atoms with Crippen LogP contribution in [0.1, 0.15) is 24.1 Å². The summed E-state index contributed by atoms with van der Waals surface area (Å²) < 4.78 is 32.4. The Hall–Kier alpha value is -4.69. The Kier molecular flexibility index (Phi) is 5.66. The molecule has 36 heavy (non-hydrogen) atoms. The molecule has 3 aromatic heterocycles. The van der Waals surface area contributed by atoms with Gasteiger partial charge in [0, 0.05) is 29.6 Å². The molecule has 0 fully saturated rings. The zero-order chi connectivity index (χ0) is 25.4. The first-order valence-electron chi connectivity index (χ1n) is 10.9. The molecule has 0 aliphatic heterocycles. The second-order valence-corrected chi connectivity index (χ2v) is 8.37. The van der Waals surface area contributed by atoms with Crippen molar-refractivity contribution >= 4 is 5.65 Å². The lowest BCUT2D eigenvalue weighted by molar-refractivity contribution is -0.0346. The second-order valence-electron chi connectivity index (χ2n) is 8.37. The van der Waals surface area contributed by atoms with Crippen LogP contribution < -0.4 is 5.69 Å². The van der Waals surface area contributed by atoms with Crippen molar-refractivity contribution in [2.75, 3.05) is 0 Å². The van der Waals surface area contributed by atoms with Crippen molar-refractivity contribution in [3.05, 3.63) is 107 Å². The Balaban J connectivity index is 1.61. The maximum atomic E-state index is 14.9. The average molecular weight is 487 g/mol. The molecule has 0 amide bonds. The van der Waals surface area contributed by atoms with E-state index in [1.54, 1.807) is 43.5 Å². The highest BCUT2D eigenvalue weighted by Crippen LogP contribution is 2.36. The predicted octanol–water partition coefficient (Wildman–Crippen LogP) is 3.05. The molecule has 9 nitrogen and oxygen atoms in total. The molecule has 1 N–H and O–H groups in total. The van der Waals surface area contributed by atoms with E-state index in [0.29, 0.717) is 28.5 Å². The second kappa shape index (κ2) is 8.83. The normalized spacial score (nSPS) is 13.9. The fraction of sp³-hybridized carbons (Fsp3) is 0.160. The minimum absolute atomic E-state index is 0.192. The zero-order valence-electron chi connectivity index (χ0n) is 19.0. The van der Waals surface area contributed by atoms with Crippen molar-refractivity contribution in [1.29, 1.82) is 5.26 Å². The number of aromatic nitrogens is 6. The summed E-state index contributed by atoms with van der Waals surface area (Å²) in [6.45, 7) is 1.31. The van der Waals surface area contributed by atoms with Crippen LogP contribution in [0, 0.1) is 23.0 Å². The molecule has 5 rings (SSSR count). The molecule has 0 bridgehead atoms. The van der Waals surface area contributed by atoms with Crippen molar-refractivity contribution in [2.24, 2.45) is 0 Å². The smallest absolute Gasteiger partial charge is 0.334 e. The van der Waals surface area contributed by atoms with Gasteiger partial charge in [0.1, 0.15) is 35.5 Å². The van der Waals surface area contributed by atoms with Gasteiger partial charge in [-0.2, -0.15) is 10.4 Å². The van der Waals surface area contributed by atoms with E-state index in [0.717, 1.165) is 12.1 Å². The van der Waals surface area contributed by atoms with Gasteiger partial charge in [-0.3, -0.25) is 8.97 Å². The molecule has 0 saturated heterocycles. The highest BCUT2D eigenvalue weighted by Gasteiger charge is 2.41. The van der Waals surface area contributed by atoms with E-state index in [4.69, 9.17) is 5.26 Å². The standard InChI is InChI=1S/C25H19F2N7O2/c1-16(25(36,13-32-15-29-14-30-32)20-7-6-19(26)10-21(20)27)33-9-8-23-31-22(12-34(23)24(33)35)18-4-2-17(11-28)3-5-18/h2-10,12,14-16,36H,13H2,1H3/t16-,25?/m1/s1. The van der Waals surface area contributed by atoms with E-state index in [-0.39, 0.29) is 12.1 Å². The zero-order valence-corrected chi connectivity index (χ0v) is 19.0. The monoisotopic (exact) mass is 487 g/mol. The molecule has 11 heteroatoms. The molecule has 0 radical (unpaired) electrons. The predicted molar refractivity (Wildman–Crippen MR) is 125 cm³/mol. The number of aliphatic hydroxyl groups is 1. The van der Waals surface area contributed by atoms with Crippen LogP contribution in [0.3, 0.4) is 0 Å². The Morgan fingerprint density at radius 1 is 1.17 bits per heavy atom. The third kappa shape index (κ3) is 3.93. The molecular formula is C25H19F2N7O2. The summed E-state index contributed by atoms with van der Waals surface area (Å²) in [5, 5.41) is 24.8. The third-order valence-electron chi connectivity index (χ3n) is 6.23. The minimum atomic E-state index is -2.00. The van der Waals surface area contributed by atoms with E-state index < -0.39 is 29.0 Å². The number of imidazole rings is 1. The van der Waals surface area contributed by atoms with Gasteiger partial charge in [-0.15, -0.1) is 0 Å². The Labute approximate surface area is 203 Å². The minimum Gasteiger partial charge on any atom is -0.381 e. The quantitative estimate of drug-likeness (QED) is 0.394. The molecule has 2 atom stereocenters. The van der Waals surface area contributed by atoms with Crippen molar-refractivity contribution in [3.8, 4) is 17.3 Å². The van der Waals surface area contributed by atoms with Crippen LogP contribution in [0.15, 0.2) is 78.4 Å². The molecule has 3 heterocycles. The van der Waals surface area contributed by atoms with Gasteiger partial charge in [0.15, 0.2) is 0 Å². The van der Waals surface area contributed by atoms with Gasteiger partial charge >= 0.3 is 5.69 Å². The van der Waals surface area contributed by atoms with Crippen LogP contribution in [0.2, 0.25) is 0 Å². The maximum absolute atomic E-state index is 14.9. The molecule has 1 unspecified atom stereocenters. The van der Waals surface area contributed by atoms with E-state index in [1.807, 2.05) is 0 Å². The topological polar surface area (TPSA) is 114 Å². The lowest BCUT2D eigenvalue weighted by atomic mass is 9.86. The first-order chi connectivity index (χ1) is 17.3. The number of hydrogen-bond acceptors (Lipinski definition) is 6. The van der Waals surface area contributed by atoms with Crippen LogP contribution in [-0.2, 0) is 12.1 Å². The summed E-state index contributed by atoms with van der Waals surface area (Å²) in [4.78, 5) is 21.8. The number of hydrogen-bond donors (Lipinski definition) is 1. The third-order valence-corrected chi connectivity index (χ3v) is 6.23. The summed E-state index contributed by atoms with van der Waals surface area (Å²) in [6.07, 6.45) is 5.63. The van der Waals surface area contributed by atoms with Crippen molar-refractivity contribution in [3.63, 3.8) is 0 Å². The first kappa shape index (κ1) is 23.1. The van der Waals surface area contributed by atoms with E-state index >= 15 is 0 Å². The highest BCUT2D eigenvalue weighted by atomic mass is 19.1. The number of benzene rings is 2. The number of fused-ring (bicyclic) bond motifs is 1. The SMILES string of the molecule is C[C@@H](n1ccc2nc(-c3ccc(C#N)cc3)cn2c1=O)C(O)(Cn1cncn1)c1ccc(F)cc1F. The fourth-order valence-corrected chi connectivity index (χ4v) is 4.22. The molecule has 0 aliphatic carbocycles. The van der Waals surface area contributed by atoms with E-state index in [2.05, 4.69) is 21.1 Å².